The summed E-state index contributed by atoms with van der Waals surface area (Å²) in [5.41, 5.74) is 6.87. The molecule has 1 heterocycles. The second-order valence-electron chi connectivity index (χ2n) is 5.09. The first kappa shape index (κ1) is 14.7. The number of nitrogens with zero attached hydrogens (tertiary/aromatic N) is 1. The van der Waals surface area contributed by atoms with Crippen molar-refractivity contribution in [3.05, 3.63) is 23.8 Å². The summed E-state index contributed by atoms with van der Waals surface area (Å²) in [5, 5.41) is 0. The van der Waals surface area contributed by atoms with Crippen LogP contribution in [0.25, 0.3) is 0 Å². The fourth-order valence-corrected chi connectivity index (χ4v) is 2.54. The van der Waals surface area contributed by atoms with Gasteiger partial charge in [-0.1, -0.05) is 13.0 Å². The van der Waals surface area contributed by atoms with Crippen molar-refractivity contribution in [2.24, 2.45) is 0 Å². The van der Waals surface area contributed by atoms with Crippen LogP contribution in [0.2, 0.25) is 0 Å². The van der Waals surface area contributed by atoms with E-state index in [-0.39, 0.29) is 18.1 Å². The largest absolute Gasteiger partial charge is 0.494 e. The first-order chi connectivity index (χ1) is 9.58. The van der Waals surface area contributed by atoms with E-state index in [0.717, 1.165) is 6.42 Å². The van der Waals surface area contributed by atoms with E-state index >= 15 is 0 Å². The van der Waals surface area contributed by atoms with E-state index < -0.39 is 0 Å². The Morgan fingerprint density at radius 2 is 2.30 bits per heavy atom. The molecule has 110 valence electrons. The lowest BCUT2D eigenvalue weighted by atomic mass is 10.1. The molecule has 0 saturated carbocycles. The number of hydrogen-bond acceptors (Lipinski definition) is 4. The summed E-state index contributed by atoms with van der Waals surface area (Å²) in [5.74, 6) is 0.405. The summed E-state index contributed by atoms with van der Waals surface area (Å²) in [6.45, 7) is 5.20. The van der Waals surface area contributed by atoms with Gasteiger partial charge in [-0.25, -0.2) is 0 Å². The average molecular weight is 278 g/mol. The Hall–Kier alpha value is -1.75. The van der Waals surface area contributed by atoms with Crippen LogP contribution in [-0.4, -0.2) is 43.2 Å². The number of para-hydroxylation sites is 1. The smallest absolute Gasteiger partial charge is 0.258 e. The SMILES string of the molecule is CCC1COC(C)CN1C(=O)c1cccc(N)c1OC. The molecule has 1 saturated heterocycles. The lowest BCUT2D eigenvalue weighted by Gasteiger charge is -2.38. The van der Waals surface area contributed by atoms with Crippen LogP contribution in [0.4, 0.5) is 5.69 Å². The first-order valence-corrected chi connectivity index (χ1v) is 6.93. The summed E-state index contributed by atoms with van der Waals surface area (Å²) < 4.78 is 10.9. The molecule has 20 heavy (non-hydrogen) atoms. The van der Waals surface area contributed by atoms with E-state index in [2.05, 4.69) is 6.92 Å². The molecule has 1 aliphatic heterocycles. The number of carbonyl (C=O) groups excluding carboxylic acids is 1. The van der Waals surface area contributed by atoms with E-state index in [0.29, 0.717) is 30.2 Å². The normalized spacial score (nSPS) is 22.6. The van der Waals surface area contributed by atoms with Gasteiger partial charge in [-0.15, -0.1) is 0 Å². The molecule has 0 bridgehead atoms. The van der Waals surface area contributed by atoms with Crippen LogP contribution in [0.15, 0.2) is 18.2 Å². The molecular weight excluding hydrogens is 256 g/mol. The number of carbonyl (C=O) groups is 1. The predicted octanol–water partition coefficient (Wildman–Crippen LogP) is 1.92. The quantitative estimate of drug-likeness (QED) is 0.858. The zero-order chi connectivity index (χ0) is 14.7. The van der Waals surface area contributed by atoms with Crippen LogP contribution >= 0.6 is 0 Å². The third-order valence-electron chi connectivity index (χ3n) is 3.68. The highest BCUT2D eigenvalue weighted by molar-refractivity contribution is 5.98. The molecule has 2 N–H and O–H groups in total. The van der Waals surface area contributed by atoms with Crippen molar-refractivity contribution in [1.82, 2.24) is 4.90 Å². The molecular formula is C15H22N2O3. The van der Waals surface area contributed by atoms with Crippen molar-refractivity contribution in [3.8, 4) is 5.75 Å². The number of anilines is 1. The van der Waals surface area contributed by atoms with Crippen LogP contribution in [-0.2, 0) is 4.74 Å². The van der Waals surface area contributed by atoms with Crippen LogP contribution in [0.5, 0.6) is 5.75 Å². The molecule has 2 atom stereocenters. The fraction of sp³-hybridized carbons (Fsp3) is 0.533. The van der Waals surface area contributed by atoms with Crippen molar-refractivity contribution < 1.29 is 14.3 Å². The van der Waals surface area contributed by atoms with Gasteiger partial charge in [0.2, 0.25) is 0 Å². The van der Waals surface area contributed by atoms with Crippen LogP contribution in [0.1, 0.15) is 30.6 Å². The van der Waals surface area contributed by atoms with E-state index in [1.54, 1.807) is 18.2 Å². The monoisotopic (exact) mass is 278 g/mol. The molecule has 0 aromatic heterocycles. The van der Waals surface area contributed by atoms with Crippen molar-refractivity contribution >= 4 is 11.6 Å². The number of morpholine rings is 1. The second kappa shape index (κ2) is 6.13. The van der Waals surface area contributed by atoms with Crippen LogP contribution < -0.4 is 10.5 Å². The molecule has 5 nitrogen and oxygen atoms in total. The zero-order valence-corrected chi connectivity index (χ0v) is 12.3. The minimum atomic E-state index is -0.0452. The number of ether oxygens (including phenoxy) is 2. The van der Waals surface area contributed by atoms with Gasteiger partial charge in [-0.2, -0.15) is 0 Å². The molecule has 1 aliphatic rings. The highest BCUT2D eigenvalue weighted by atomic mass is 16.5. The Kier molecular flexibility index (Phi) is 4.49. The molecule has 2 unspecified atom stereocenters. The summed E-state index contributed by atoms with van der Waals surface area (Å²) >= 11 is 0. The average Bonchev–Trinajstić information content (AvgIpc) is 2.46. The van der Waals surface area contributed by atoms with Gasteiger partial charge in [0.25, 0.3) is 5.91 Å². The minimum absolute atomic E-state index is 0.0452. The van der Waals surface area contributed by atoms with Crippen LogP contribution in [0, 0.1) is 0 Å². The zero-order valence-electron chi connectivity index (χ0n) is 12.3. The number of methoxy groups -OCH3 is 1. The fourth-order valence-electron chi connectivity index (χ4n) is 2.54. The molecule has 1 fully saturated rings. The van der Waals surface area contributed by atoms with Gasteiger partial charge < -0.3 is 20.1 Å². The summed E-state index contributed by atoms with van der Waals surface area (Å²) in [7, 11) is 1.53. The third-order valence-corrected chi connectivity index (χ3v) is 3.68. The maximum Gasteiger partial charge on any atom is 0.258 e. The summed E-state index contributed by atoms with van der Waals surface area (Å²) in [4.78, 5) is 14.6. The number of benzene rings is 1. The Morgan fingerprint density at radius 3 is 2.95 bits per heavy atom. The number of nitrogens with two attached hydrogens (primary N) is 1. The van der Waals surface area contributed by atoms with Gasteiger partial charge in [0, 0.05) is 6.54 Å². The van der Waals surface area contributed by atoms with Gasteiger partial charge in [0.05, 0.1) is 37.1 Å². The lowest BCUT2D eigenvalue weighted by molar-refractivity contribution is -0.0444. The Bertz CT molecular complexity index is 490. The Labute approximate surface area is 119 Å². The van der Waals surface area contributed by atoms with Crippen molar-refractivity contribution in [1.29, 1.82) is 0 Å². The Morgan fingerprint density at radius 1 is 1.55 bits per heavy atom. The summed E-state index contributed by atoms with van der Waals surface area (Å²) in [6.07, 6.45) is 0.914. The molecule has 1 amide bonds. The molecule has 0 radical (unpaired) electrons. The molecule has 0 aliphatic carbocycles. The molecule has 0 spiro atoms. The highest BCUT2D eigenvalue weighted by Crippen LogP contribution is 2.28. The van der Waals surface area contributed by atoms with Gasteiger partial charge >= 0.3 is 0 Å². The highest BCUT2D eigenvalue weighted by Gasteiger charge is 2.31. The van der Waals surface area contributed by atoms with Crippen molar-refractivity contribution in [2.75, 3.05) is 26.0 Å². The second-order valence-corrected chi connectivity index (χ2v) is 5.09. The number of nitrogen functional groups attached to an aromatic ring is 1. The first-order valence-electron chi connectivity index (χ1n) is 6.93. The van der Waals surface area contributed by atoms with Gasteiger partial charge in [-0.05, 0) is 25.5 Å². The maximum atomic E-state index is 12.8. The molecule has 1 aromatic rings. The van der Waals surface area contributed by atoms with Gasteiger partial charge in [0.1, 0.15) is 0 Å². The van der Waals surface area contributed by atoms with E-state index in [9.17, 15) is 4.79 Å². The van der Waals surface area contributed by atoms with E-state index in [1.807, 2.05) is 11.8 Å². The van der Waals surface area contributed by atoms with Crippen molar-refractivity contribution in [3.63, 3.8) is 0 Å². The molecule has 1 aromatic carbocycles. The van der Waals surface area contributed by atoms with Gasteiger partial charge in [0.15, 0.2) is 5.75 Å². The third kappa shape index (κ3) is 2.72. The van der Waals surface area contributed by atoms with E-state index in [1.165, 1.54) is 7.11 Å². The lowest BCUT2D eigenvalue weighted by Crippen LogP contribution is -2.51. The molecule has 5 heteroatoms. The number of hydrogen-bond donors (Lipinski definition) is 1. The summed E-state index contributed by atoms with van der Waals surface area (Å²) in [6, 6.07) is 5.36. The van der Waals surface area contributed by atoms with Gasteiger partial charge in [-0.3, -0.25) is 4.79 Å². The standard InChI is InChI=1S/C15H22N2O3/c1-4-11-9-20-10(2)8-17(11)15(18)12-6-5-7-13(16)14(12)19-3/h5-7,10-11H,4,8-9,16H2,1-3H3. The Balaban J connectivity index is 2.32. The number of amides is 1. The number of rotatable bonds is 3. The maximum absolute atomic E-state index is 12.8. The van der Waals surface area contributed by atoms with E-state index in [4.69, 9.17) is 15.2 Å². The molecule has 2 rings (SSSR count). The minimum Gasteiger partial charge on any atom is -0.494 e. The van der Waals surface area contributed by atoms with Crippen LogP contribution in [0.3, 0.4) is 0 Å². The van der Waals surface area contributed by atoms with Crippen molar-refractivity contribution in [2.45, 2.75) is 32.4 Å². The topological polar surface area (TPSA) is 64.8 Å². The predicted molar refractivity (Wildman–Crippen MR) is 77.9 cm³/mol.